The minimum absolute atomic E-state index is 0.353. The summed E-state index contributed by atoms with van der Waals surface area (Å²) in [7, 11) is 2.05. The summed E-state index contributed by atoms with van der Waals surface area (Å²) < 4.78 is 0. The summed E-state index contributed by atoms with van der Waals surface area (Å²) in [4.78, 5) is 2.54. The van der Waals surface area contributed by atoms with Crippen LogP contribution < -0.4 is 5.32 Å². The van der Waals surface area contributed by atoms with Gasteiger partial charge in [-0.15, -0.1) is 0 Å². The molecule has 1 N–H and O–H groups in total. The van der Waals surface area contributed by atoms with Gasteiger partial charge in [-0.05, 0) is 34.2 Å². The highest BCUT2D eigenvalue weighted by Gasteiger charge is 2.28. The third-order valence-corrected chi connectivity index (χ3v) is 2.55. The van der Waals surface area contributed by atoms with Crippen LogP contribution in [0.4, 0.5) is 0 Å². The number of hydrogen-bond acceptors (Lipinski definition) is 2. The van der Waals surface area contributed by atoms with Gasteiger partial charge in [-0.2, -0.15) is 0 Å². The van der Waals surface area contributed by atoms with Crippen LogP contribution in [0.25, 0.3) is 0 Å². The van der Waals surface area contributed by atoms with Crippen molar-refractivity contribution in [2.45, 2.75) is 38.8 Å². The lowest BCUT2D eigenvalue weighted by atomic mass is 10.1. The fourth-order valence-electron chi connectivity index (χ4n) is 1.61. The van der Waals surface area contributed by atoms with E-state index < -0.39 is 0 Å². The highest BCUT2D eigenvalue weighted by molar-refractivity contribution is 4.87. The summed E-state index contributed by atoms with van der Waals surface area (Å²) in [5.74, 6) is 0. The zero-order valence-corrected chi connectivity index (χ0v) is 8.15. The van der Waals surface area contributed by atoms with E-state index in [9.17, 15) is 0 Å². The Morgan fingerprint density at radius 3 is 2.27 bits per heavy atom. The van der Waals surface area contributed by atoms with Crippen LogP contribution in [0.2, 0.25) is 0 Å². The zero-order chi connectivity index (χ0) is 8.48. The predicted octanol–water partition coefficient (Wildman–Crippen LogP) is 1.08. The van der Waals surface area contributed by atoms with Crippen LogP contribution in [0.15, 0.2) is 0 Å². The zero-order valence-electron chi connectivity index (χ0n) is 8.15. The van der Waals surface area contributed by atoms with Crippen molar-refractivity contribution >= 4 is 0 Å². The first-order chi connectivity index (χ1) is 5.04. The molecule has 11 heavy (non-hydrogen) atoms. The van der Waals surface area contributed by atoms with Crippen LogP contribution in [0.5, 0.6) is 0 Å². The quantitative estimate of drug-likeness (QED) is 0.611. The molecule has 1 saturated heterocycles. The molecule has 0 aromatic carbocycles. The molecule has 0 bridgehead atoms. The summed E-state index contributed by atoms with van der Waals surface area (Å²) in [5.41, 5.74) is 0.353. The lowest BCUT2D eigenvalue weighted by Gasteiger charge is -2.31. The molecule has 1 atom stereocenters. The van der Waals surface area contributed by atoms with E-state index in [0.717, 1.165) is 0 Å². The van der Waals surface area contributed by atoms with Gasteiger partial charge in [0.25, 0.3) is 0 Å². The van der Waals surface area contributed by atoms with E-state index in [-0.39, 0.29) is 0 Å². The van der Waals surface area contributed by atoms with Gasteiger partial charge < -0.3 is 5.32 Å². The van der Waals surface area contributed by atoms with Crippen molar-refractivity contribution in [2.24, 2.45) is 0 Å². The van der Waals surface area contributed by atoms with Gasteiger partial charge in [0.1, 0.15) is 0 Å². The predicted molar refractivity (Wildman–Crippen MR) is 48.8 cm³/mol. The Balaban J connectivity index is 2.42. The summed E-state index contributed by atoms with van der Waals surface area (Å²) in [6, 6.07) is 0.717. The molecule has 1 heterocycles. The molecule has 2 heteroatoms. The molecule has 2 nitrogen and oxygen atoms in total. The SMILES string of the molecule is CN[C@H]1CCN(C(C)(C)C)C1. The average molecular weight is 156 g/mol. The molecule has 1 fully saturated rings. The fourth-order valence-corrected chi connectivity index (χ4v) is 1.61. The van der Waals surface area contributed by atoms with Crippen molar-refractivity contribution in [3.05, 3.63) is 0 Å². The van der Waals surface area contributed by atoms with Crippen molar-refractivity contribution in [3.8, 4) is 0 Å². The topological polar surface area (TPSA) is 15.3 Å². The van der Waals surface area contributed by atoms with Gasteiger partial charge in [0.05, 0.1) is 0 Å². The second-order valence-corrected chi connectivity index (χ2v) is 4.39. The molecular formula is C9H20N2. The molecule has 0 radical (unpaired) electrons. The molecule has 0 saturated carbocycles. The first-order valence-corrected chi connectivity index (χ1v) is 4.46. The van der Waals surface area contributed by atoms with Crippen LogP contribution in [-0.4, -0.2) is 36.6 Å². The Labute approximate surface area is 70.0 Å². The van der Waals surface area contributed by atoms with E-state index in [2.05, 4.69) is 38.0 Å². The first kappa shape index (κ1) is 9.01. The van der Waals surface area contributed by atoms with Crippen molar-refractivity contribution in [3.63, 3.8) is 0 Å². The van der Waals surface area contributed by atoms with Gasteiger partial charge in [-0.1, -0.05) is 0 Å². The smallest absolute Gasteiger partial charge is 0.0204 e. The van der Waals surface area contributed by atoms with Gasteiger partial charge >= 0.3 is 0 Å². The molecule has 1 rings (SSSR count). The Bertz CT molecular complexity index is 126. The van der Waals surface area contributed by atoms with Gasteiger partial charge in [-0.3, -0.25) is 4.90 Å². The number of rotatable bonds is 1. The number of likely N-dealkylation sites (tertiary alicyclic amines) is 1. The van der Waals surface area contributed by atoms with E-state index in [1.54, 1.807) is 0 Å². The number of nitrogens with zero attached hydrogens (tertiary/aromatic N) is 1. The minimum atomic E-state index is 0.353. The van der Waals surface area contributed by atoms with E-state index in [0.29, 0.717) is 11.6 Å². The molecular weight excluding hydrogens is 136 g/mol. The lowest BCUT2D eigenvalue weighted by Crippen LogP contribution is -2.41. The van der Waals surface area contributed by atoms with E-state index in [1.807, 2.05) is 0 Å². The lowest BCUT2D eigenvalue weighted by molar-refractivity contribution is 0.171. The first-order valence-electron chi connectivity index (χ1n) is 4.46. The van der Waals surface area contributed by atoms with Crippen LogP contribution in [0, 0.1) is 0 Å². The average Bonchev–Trinajstić information content (AvgIpc) is 2.32. The van der Waals surface area contributed by atoms with Crippen molar-refractivity contribution in [2.75, 3.05) is 20.1 Å². The Hall–Kier alpha value is -0.0800. The summed E-state index contributed by atoms with van der Waals surface area (Å²) in [5, 5.41) is 3.32. The maximum atomic E-state index is 3.32. The molecule has 0 aliphatic carbocycles. The molecule has 1 aliphatic rings. The number of likely N-dealkylation sites (N-methyl/N-ethyl adjacent to an activating group) is 1. The maximum absolute atomic E-state index is 3.32. The molecule has 0 amide bonds. The Morgan fingerprint density at radius 1 is 1.36 bits per heavy atom. The Morgan fingerprint density at radius 2 is 2.00 bits per heavy atom. The van der Waals surface area contributed by atoms with Gasteiger partial charge in [0.2, 0.25) is 0 Å². The summed E-state index contributed by atoms with van der Waals surface area (Å²) in [6.07, 6.45) is 1.30. The highest BCUT2D eigenvalue weighted by Crippen LogP contribution is 2.19. The maximum Gasteiger partial charge on any atom is 0.0204 e. The Kier molecular flexibility index (Phi) is 2.55. The van der Waals surface area contributed by atoms with Gasteiger partial charge in [0, 0.05) is 24.7 Å². The summed E-state index contributed by atoms with van der Waals surface area (Å²) in [6.45, 7) is 9.30. The van der Waals surface area contributed by atoms with Crippen LogP contribution in [0.1, 0.15) is 27.2 Å². The van der Waals surface area contributed by atoms with E-state index in [1.165, 1.54) is 19.5 Å². The number of hydrogen-bond donors (Lipinski definition) is 1. The highest BCUT2D eigenvalue weighted by atomic mass is 15.2. The second kappa shape index (κ2) is 3.11. The molecule has 0 unspecified atom stereocenters. The molecule has 1 aliphatic heterocycles. The summed E-state index contributed by atoms with van der Waals surface area (Å²) >= 11 is 0. The third-order valence-electron chi connectivity index (χ3n) is 2.55. The van der Waals surface area contributed by atoms with E-state index >= 15 is 0 Å². The largest absolute Gasteiger partial charge is 0.316 e. The van der Waals surface area contributed by atoms with Crippen LogP contribution in [0.3, 0.4) is 0 Å². The van der Waals surface area contributed by atoms with E-state index in [4.69, 9.17) is 0 Å². The minimum Gasteiger partial charge on any atom is -0.316 e. The van der Waals surface area contributed by atoms with Gasteiger partial charge in [0.15, 0.2) is 0 Å². The van der Waals surface area contributed by atoms with Gasteiger partial charge in [-0.25, -0.2) is 0 Å². The molecule has 0 aromatic rings. The van der Waals surface area contributed by atoms with Crippen molar-refractivity contribution < 1.29 is 0 Å². The molecule has 66 valence electrons. The van der Waals surface area contributed by atoms with Crippen molar-refractivity contribution in [1.29, 1.82) is 0 Å². The third kappa shape index (κ3) is 2.17. The standard InChI is InChI=1S/C9H20N2/c1-9(2,3)11-6-5-8(7-11)10-4/h8,10H,5-7H2,1-4H3/t8-/m0/s1. The molecule has 0 aromatic heterocycles. The number of nitrogens with one attached hydrogen (secondary N) is 1. The normalized spacial score (nSPS) is 27.8. The molecule has 0 spiro atoms. The second-order valence-electron chi connectivity index (χ2n) is 4.39. The monoisotopic (exact) mass is 156 g/mol. The van der Waals surface area contributed by atoms with Crippen molar-refractivity contribution in [1.82, 2.24) is 10.2 Å². The van der Waals surface area contributed by atoms with Crippen LogP contribution in [-0.2, 0) is 0 Å². The fraction of sp³-hybridized carbons (Fsp3) is 1.00. The van der Waals surface area contributed by atoms with Crippen LogP contribution >= 0.6 is 0 Å².